The van der Waals surface area contributed by atoms with E-state index in [-0.39, 0.29) is 0 Å². The van der Waals surface area contributed by atoms with Crippen molar-refractivity contribution in [2.45, 2.75) is 39.0 Å². The van der Waals surface area contributed by atoms with Gasteiger partial charge in [-0.25, -0.2) is 4.98 Å². The molecule has 2 heterocycles. The zero-order chi connectivity index (χ0) is 14.4. The maximum Gasteiger partial charge on any atom is 0.185 e. The molecule has 0 spiro atoms. The van der Waals surface area contributed by atoms with Crippen molar-refractivity contribution in [3.8, 4) is 0 Å². The summed E-state index contributed by atoms with van der Waals surface area (Å²) >= 11 is 1.76. The fourth-order valence-corrected chi connectivity index (χ4v) is 3.58. The van der Waals surface area contributed by atoms with Crippen LogP contribution in [0.15, 0.2) is 0 Å². The average molecular weight is 299 g/mol. The SMILES string of the molecule is CCN(CC1CCCO1)c1nc(COC)c(CNC)s1. The summed E-state index contributed by atoms with van der Waals surface area (Å²) < 4.78 is 11.0. The van der Waals surface area contributed by atoms with Crippen LogP contribution in [0.5, 0.6) is 0 Å². The fourth-order valence-electron chi connectivity index (χ4n) is 2.43. The standard InChI is InChI=1S/C14H25N3O2S/c1-4-17(9-11-6-5-7-19-11)14-16-12(10-18-3)13(20-14)8-15-2/h11,15H,4-10H2,1-3H3. The molecule has 1 N–H and O–H groups in total. The molecule has 20 heavy (non-hydrogen) atoms. The molecule has 1 saturated heterocycles. The number of aromatic nitrogens is 1. The Labute approximate surface area is 125 Å². The second-order valence-electron chi connectivity index (χ2n) is 5.00. The summed E-state index contributed by atoms with van der Waals surface area (Å²) in [4.78, 5) is 8.33. The first-order chi connectivity index (χ1) is 9.78. The highest BCUT2D eigenvalue weighted by Crippen LogP contribution is 2.28. The van der Waals surface area contributed by atoms with Gasteiger partial charge in [-0.3, -0.25) is 0 Å². The van der Waals surface area contributed by atoms with Gasteiger partial charge in [-0.05, 0) is 26.8 Å². The van der Waals surface area contributed by atoms with Crippen molar-refractivity contribution in [2.75, 3.05) is 38.8 Å². The maximum atomic E-state index is 5.74. The van der Waals surface area contributed by atoms with Crippen molar-refractivity contribution in [3.63, 3.8) is 0 Å². The van der Waals surface area contributed by atoms with Crippen LogP contribution >= 0.6 is 11.3 Å². The average Bonchev–Trinajstić information content (AvgIpc) is 3.07. The van der Waals surface area contributed by atoms with Gasteiger partial charge in [-0.15, -0.1) is 11.3 Å². The number of ether oxygens (including phenoxy) is 2. The minimum atomic E-state index is 0.359. The molecule has 0 saturated carbocycles. The van der Waals surface area contributed by atoms with Crippen molar-refractivity contribution in [1.82, 2.24) is 10.3 Å². The topological polar surface area (TPSA) is 46.6 Å². The number of hydrogen-bond donors (Lipinski definition) is 1. The zero-order valence-electron chi connectivity index (χ0n) is 12.6. The predicted molar refractivity (Wildman–Crippen MR) is 82.5 cm³/mol. The van der Waals surface area contributed by atoms with Gasteiger partial charge in [-0.1, -0.05) is 0 Å². The number of nitrogens with one attached hydrogen (secondary N) is 1. The molecule has 1 aliphatic heterocycles. The molecule has 1 fully saturated rings. The highest BCUT2D eigenvalue weighted by Gasteiger charge is 2.21. The van der Waals surface area contributed by atoms with E-state index < -0.39 is 0 Å². The third kappa shape index (κ3) is 3.91. The van der Waals surface area contributed by atoms with Crippen LogP contribution in [0.3, 0.4) is 0 Å². The number of thiazole rings is 1. The molecule has 1 aliphatic rings. The van der Waals surface area contributed by atoms with Crippen LogP contribution in [0.2, 0.25) is 0 Å². The number of nitrogens with zero attached hydrogens (tertiary/aromatic N) is 2. The second kappa shape index (κ2) is 7.93. The molecule has 0 aliphatic carbocycles. The van der Waals surface area contributed by atoms with Gasteiger partial charge < -0.3 is 19.7 Å². The molecule has 114 valence electrons. The lowest BCUT2D eigenvalue weighted by molar-refractivity contribution is 0.115. The molecule has 0 bridgehead atoms. The van der Waals surface area contributed by atoms with Gasteiger partial charge in [0, 0.05) is 38.2 Å². The van der Waals surface area contributed by atoms with Gasteiger partial charge in [0.1, 0.15) is 0 Å². The van der Waals surface area contributed by atoms with Gasteiger partial charge in [0.25, 0.3) is 0 Å². The number of likely N-dealkylation sites (N-methyl/N-ethyl adjacent to an activating group) is 1. The van der Waals surface area contributed by atoms with Crippen molar-refractivity contribution < 1.29 is 9.47 Å². The summed E-state index contributed by atoms with van der Waals surface area (Å²) in [7, 11) is 3.67. The second-order valence-corrected chi connectivity index (χ2v) is 6.07. The minimum absolute atomic E-state index is 0.359. The van der Waals surface area contributed by atoms with Gasteiger partial charge in [0.05, 0.1) is 18.4 Å². The highest BCUT2D eigenvalue weighted by atomic mass is 32.1. The van der Waals surface area contributed by atoms with E-state index in [4.69, 9.17) is 14.5 Å². The summed E-state index contributed by atoms with van der Waals surface area (Å²) in [5.74, 6) is 0. The first-order valence-electron chi connectivity index (χ1n) is 7.27. The molecular formula is C14H25N3O2S. The molecular weight excluding hydrogens is 274 g/mol. The Morgan fingerprint density at radius 1 is 1.55 bits per heavy atom. The minimum Gasteiger partial charge on any atom is -0.378 e. The lowest BCUT2D eigenvalue weighted by Crippen LogP contribution is -2.31. The van der Waals surface area contributed by atoms with E-state index in [1.807, 2.05) is 7.05 Å². The van der Waals surface area contributed by atoms with Crippen LogP contribution in [0.1, 0.15) is 30.3 Å². The van der Waals surface area contributed by atoms with Crippen LogP contribution in [-0.4, -0.2) is 44.9 Å². The van der Waals surface area contributed by atoms with Crippen molar-refractivity contribution in [2.24, 2.45) is 0 Å². The van der Waals surface area contributed by atoms with Crippen molar-refractivity contribution in [3.05, 3.63) is 10.6 Å². The van der Waals surface area contributed by atoms with Gasteiger partial charge >= 0.3 is 0 Å². The van der Waals surface area contributed by atoms with E-state index in [0.29, 0.717) is 12.7 Å². The zero-order valence-corrected chi connectivity index (χ0v) is 13.5. The Balaban J connectivity index is 2.09. The molecule has 2 rings (SSSR count). The Bertz CT molecular complexity index is 382. The van der Waals surface area contributed by atoms with Crippen molar-refractivity contribution in [1.29, 1.82) is 0 Å². The van der Waals surface area contributed by atoms with Gasteiger partial charge in [0.2, 0.25) is 0 Å². The number of methoxy groups -OCH3 is 1. The van der Waals surface area contributed by atoms with Crippen LogP contribution < -0.4 is 10.2 Å². The fraction of sp³-hybridized carbons (Fsp3) is 0.786. The monoisotopic (exact) mass is 299 g/mol. The summed E-state index contributed by atoms with van der Waals surface area (Å²) in [6.45, 7) is 6.39. The van der Waals surface area contributed by atoms with E-state index in [2.05, 4.69) is 17.1 Å². The van der Waals surface area contributed by atoms with Gasteiger partial charge in [0.15, 0.2) is 5.13 Å². The molecule has 0 radical (unpaired) electrons. The third-order valence-electron chi connectivity index (χ3n) is 3.49. The van der Waals surface area contributed by atoms with Crippen LogP contribution in [0.4, 0.5) is 5.13 Å². The van der Waals surface area contributed by atoms with Gasteiger partial charge in [-0.2, -0.15) is 0 Å². The Kier molecular flexibility index (Phi) is 6.22. The quantitative estimate of drug-likeness (QED) is 0.796. The Hall–Kier alpha value is -0.690. The van der Waals surface area contributed by atoms with Crippen LogP contribution in [0.25, 0.3) is 0 Å². The molecule has 0 amide bonds. The van der Waals surface area contributed by atoms with Crippen molar-refractivity contribution >= 4 is 16.5 Å². The predicted octanol–water partition coefficient (Wildman–Crippen LogP) is 2.01. The van der Waals surface area contributed by atoms with Crippen LogP contribution in [-0.2, 0) is 22.6 Å². The molecule has 1 atom stereocenters. The maximum absolute atomic E-state index is 5.74. The van der Waals surface area contributed by atoms with E-state index in [1.54, 1.807) is 18.4 Å². The molecule has 5 nitrogen and oxygen atoms in total. The molecule has 0 aromatic carbocycles. The highest BCUT2D eigenvalue weighted by molar-refractivity contribution is 7.15. The lowest BCUT2D eigenvalue weighted by Gasteiger charge is -2.23. The number of hydrogen-bond acceptors (Lipinski definition) is 6. The van der Waals surface area contributed by atoms with Crippen LogP contribution in [0, 0.1) is 0 Å². The van der Waals surface area contributed by atoms with E-state index in [0.717, 1.165) is 43.5 Å². The summed E-state index contributed by atoms with van der Waals surface area (Å²) in [6, 6.07) is 0. The summed E-state index contributed by atoms with van der Waals surface area (Å²) in [5, 5.41) is 4.28. The third-order valence-corrected chi connectivity index (χ3v) is 4.64. The van der Waals surface area contributed by atoms with E-state index in [9.17, 15) is 0 Å². The Morgan fingerprint density at radius 2 is 2.40 bits per heavy atom. The lowest BCUT2D eigenvalue weighted by atomic mass is 10.2. The first kappa shape index (κ1) is 15.7. The largest absolute Gasteiger partial charge is 0.378 e. The molecule has 1 aromatic heterocycles. The molecule has 6 heteroatoms. The summed E-state index contributed by atoms with van der Waals surface area (Å²) in [6.07, 6.45) is 2.70. The molecule has 1 unspecified atom stereocenters. The van der Waals surface area contributed by atoms with E-state index in [1.165, 1.54) is 11.3 Å². The number of anilines is 1. The first-order valence-corrected chi connectivity index (χ1v) is 8.08. The Morgan fingerprint density at radius 3 is 3.00 bits per heavy atom. The molecule has 1 aromatic rings. The number of rotatable bonds is 8. The van der Waals surface area contributed by atoms with E-state index >= 15 is 0 Å². The normalized spacial score (nSPS) is 18.6. The smallest absolute Gasteiger partial charge is 0.185 e. The summed E-state index contributed by atoms with van der Waals surface area (Å²) in [5.41, 5.74) is 1.05.